The number of carbonyl (C=O) groups excluding carboxylic acids is 1. The van der Waals surface area contributed by atoms with Gasteiger partial charge in [-0.3, -0.25) is 4.79 Å². The number of hydrogen-bond acceptors (Lipinski definition) is 1. The summed E-state index contributed by atoms with van der Waals surface area (Å²) >= 11 is 0. The van der Waals surface area contributed by atoms with Gasteiger partial charge in [-0.2, -0.15) is 0 Å². The van der Waals surface area contributed by atoms with Crippen molar-refractivity contribution in [1.29, 1.82) is 0 Å². The summed E-state index contributed by atoms with van der Waals surface area (Å²) in [5, 5.41) is 2.90. The molecule has 0 aromatic heterocycles. The zero-order chi connectivity index (χ0) is 11.1. The first-order valence-corrected chi connectivity index (χ1v) is 5.54. The van der Waals surface area contributed by atoms with Crippen molar-refractivity contribution in [2.24, 2.45) is 5.92 Å². The highest BCUT2D eigenvalue weighted by Crippen LogP contribution is 2.24. The molecule has 1 N–H and O–H groups in total. The van der Waals surface area contributed by atoms with E-state index in [0.717, 1.165) is 19.3 Å². The lowest BCUT2D eigenvalue weighted by Gasteiger charge is -2.23. The number of carbonyl (C=O) groups is 1. The van der Waals surface area contributed by atoms with E-state index in [1.165, 1.54) is 5.56 Å². The summed E-state index contributed by atoms with van der Waals surface area (Å²) < 4.78 is 0. The Morgan fingerprint density at radius 3 is 2.53 bits per heavy atom. The van der Waals surface area contributed by atoms with Gasteiger partial charge in [0.05, 0.1) is 6.04 Å². The first kappa shape index (κ1) is 11.8. The van der Waals surface area contributed by atoms with Gasteiger partial charge in [-0.15, -0.1) is 0 Å². The minimum Gasteiger partial charge on any atom is -0.352 e. The van der Waals surface area contributed by atoms with Crippen molar-refractivity contribution in [3.05, 3.63) is 35.9 Å². The van der Waals surface area contributed by atoms with E-state index in [4.69, 9.17) is 0 Å². The van der Waals surface area contributed by atoms with Crippen molar-refractivity contribution in [2.75, 3.05) is 0 Å². The van der Waals surface area contributed by atoms with Crippen LogP contribution in [0.5, 0.6) is 0 Å². The van der Waals surface area contributed by atoms with E-state index in [0.29, 0.717) is 5.92 Å². The van der Waals surface area contributed by atoms with Crippen molar-refractivity contribution in [3.8, 4) is 0 Å². The Bertz CT molecular complexity index is 284. The van der Waals surface area contributed by atoms with Crippen molar-refractivity contribution in [1.82, 2.24) is 5.32 Å². The Labute approximate surface area is 91.7 Å². The van der Waals surface area contributed by atoms with E-state index >= 15 is 0 Å². The average Bonchev–Trinajstić information content (AvgIpc) is 2.27. The lowest BCUT2D eigenvalue weighted by atomic mass is 9.91. The maximum absolute atomic E-state index is 10.6. The lowest BCUT2D eigenvalue weighted by Crippen LogP contribution is -2.25. The van der Waals surface area contributed by atoms with Crippen molar-refractivity contribution in [2.45, 2.75) is 32.7 Å². The third-order valence-electron chi connectivity index (χ3n) is 2.72. The third kappa shape index (κ3) is 3.39. The summed E-state index contributed by atoms with van der Waals surface area (Å²) in [5.41, 5.74) is 1.19. The highest BCUT2D eigenvalue weighted by Gasteiger charge is 2.17. The highest BCUT2D eigenvalue weighted by atomic mass is 16.1. The number of amides is 1. The van der Waals surface area contributed by atoms with E-state index in [1.807, 2.05) is 18.2 Å². The van der Waals surface area contributed by atoms with Crippen LogP contribution in [0.2, 0.25) is 0 Å². The first-order valence-electron chi connectivity index (χ1n) is 5.54. The molecule has 0 saturated heterocycles. The van der Waals surface area contributed by atoms with Gasteiger partial charge >= 0.3 is 0 Å². The van der Waals surface area contributed by atoms with Gasteiger partial charge in [0.15, 0.2) is 0 Å². The number of nitrogens with one attached hydrogen (secondary N) is 1. The molecule has 1 aromatic carbocycles. The molecule has 0 heterocycles. The molecule has 0 aliphatic rings. The van der Waals surface area contributed by atoms with E-state index < -0.39 is 0 Å². The Balaban J connectivity index is 2.77. The van der Waals surface area contributed by atoms with E-state index in [9.17, 15) is 4.79 Å². The zero-order valence-electron chi connectivity index (χ0n) is 9.44. The number of benzene rings is 1. The molecule has 1 amide bonds. The Morgan fingerprint density at radius 1 is 1.33 bits per heavy atom. The maximum Gasteiger partial charge on any atom is 0.207 e. The molecule has 0 saturated carbocycles. The molecule has 2 nitrogen and oxygen atoms in total. The Morgan fingerprint density at radius 2 is 2.00 bits per heavy atom. The largest absolute Gasteiger partial charge is 0.352 e. The van der Waals surface area contributed by atoms with Crippen LogP contribution in [0.15, 0.2) is 30.3 Å². The lowest BCUT2D eigenvalue weighted by molar-refractivity contribution is -0.110. The predicted molar refractivity (Wildman–Crippen MR) is 62.5 cm³/mol. The molecule has 0 aliphatic carbocycles. The molecule has 1 rings (SSSR count). The van der Waals surface area contributed by atoms with Crippen molar-refractivity contribution in [3.63, 3.8) is 0 Å². The van der Waals surface area contributed by atoms with Crippen LogP contribution in [0.1, 0.15) is 38.3 Å². The van der Waals surface area contributed by atoms with Gasteiger partial charge in [-0.25, -0.2) is 0 Å². The van der Waals surface area contributed by atoms with E-state index in [1.54, 1.807) is 0 Å². The monoisotopic (exact) mass is 205 g/mol. The molecule has 0 fully saturated rings. The summed E-state index contributed by atoms with van der Waals surface area (Å²) in [7, 11) is 0. The van der Waals surface area contributed by atoms with Crippen LogP contribution in [0, 0.1) is 5.92 Å². The fourth-order valence-corrected chi connectivity index (χ4v) is 1.94. The van der Waals surface area contributed by atoms with Crippen molar-refractivity contribution < 1.29 is 4.79 Å². The van der Waals surface area contributed by atoms with Gasteiger partial charge in [0.1, 0.15) is 0 Å². The number of hydrogen-bond donors (Lipinski definition) is 1. The number of rotatable bonds is 6. The Kier molecular flexibility index (Phi) is 4.88. The molecule has 0 bridgehead atoms. The van der Waals surface area contributed by atoms with Crippen LogP contribution < -0.4 is 5.32 Å². The van der Waals surface area contributed by atoms with Gasteiger partial charge in [0, 0.05) is 0 Å². The molecule has 2 atom stereocenters. The van der Waals surface area contributed by atoms with E-state index in [2.05, 4.69) is 31.3 Å². The van der Waals surface area contributed by atoms with Crippen LogP contribution in [-0.2, 0) is 4.79 Å². The average molecular weight is 205 g/mol. The topological polar surface area (TPSA) is 29.1 Å². The summed E-state index contributed by atoms with van der Waals surface area (Å²) in [5.74, 6) is 0.475. The van der Waals surface area contributed by atoms with Crippen LogP contribution in [0.3, 0.4) is 0 Å². The van der Waals surface area contributed by atoms with Crippen molar-refractivity contribution >= 4 is 6.41 Å². The molecule has 15 heavy (non-hydrogen) atoms. The standard InChI is InChI=1S/C13H19NO/c1-3-7-11(2)13(14-10-15)12-8-5-4-6-9-12/h4-6,8-11,13H,3,7H2,1-2H3,(H,14,15). The molecule has 0 radical (unpaired) electrons. The fourth-order valence-electron chi connectivity index (χ4n) is 1.94. The Hall–Kier alpha value is -1.31. The first-order chi connectivity index (χ1) is 7.29. The summed E-state index contributed by atoms with van der Waals surface area (Å²) in [6.07, 6.45) is 3.06. The van der Waals surface area contributed by atoms with Gasteiger partial charge < -0.3 is 5.32 Å². The molecule has 2 unspecified atom stereocenters. The molecule has 1 aromatic rings. The molecule has 82 valence electrons. The molecule has 0 aliphatic heterocycles. The summed E-state index contributed by atoms with van der Waals surface area (Å²) in [6, 6.07) is 10.3. The van der Waals surface area contributed by atoms with Crippen LogP contribution in [0.4, 0.5) is 0 Å². The molecular formula is C13H19NO. The second-order valence-electron chi connectivity index (χ2n) is 3.94. The van der Waals surface area contributed by atoms with E-state index in [-0.39, 0.29) is 6.04 Å². The molecule has 0 spiro atoms. The highest BCUT2D eigenvalue weighted by molar-refractivity contribution is 5.47. The minimum absolute atomic E-state index is 0.142. The minimum atomic E-state index is 0.142. The van der Waals surface area contributed by atoms with Crippen LogP contribution in [0.25, 0.3) is 0 Å². The second kappa shape index (κ2) is 6.23. The predicted octanol–water partition coefficient (Wildman–Crippen LogP) is 2.91. The van der Waals surface area contributed by atoms with Gasteiger partial charge in [0.2, 0.25) is 6.41 Å². The van der Waals surface area contributed by atoms with Gasteiger partial charge in [-0.05, 0) is 17.9 Å². The SMILES string of the molecule is CCCC(C)C(NC=O)c1ccccc1. The normalized spacial score (nSPS) is 14.3. The maximum atomic E-state index is 10.6. The summed E-state index contributed by atoms with van der Waals surface area (Å²) in [6.45, 7) is 4.34. The molecular weight excluding hydrogens is 186 g/mol. The van der Waals surface area contributed by atoms with Crippen LogP contribution in [-0.4, -0.2) is 6.41 Å². The molecule has 2 heteroatoms. The second-order valence-corrected chi connectivity index (χ2v) is 3.94. The van der Waals surface area contributed by atoms with Gasteiger partial charge in [0.25, 0.3) is 0 Å². The fraction of sp³-hybridized carbons (Fsp3) is 0.462. The third-order valence-corrected chi connectivity index (χ3v) is 2.72. The zero-order valence-corrected chi connectivity index (χ0v) is 9.44. The van der Waals surface area contributed by atoms with Crippen LogP contribution >= 0.6 is 0 Å². The van der Waals surface area contributed by atoms with Gasteiger partial charge in [-0.1, -0.05) is 50.6 Å². The smallest absolute Gasteiger partial charge is 0.207 e. The quantitative estimate of drug-likeness (QED) is 0.711. The summed E-state index contributed by atoms with van der Waals surface area (Å²) in [4.78, 5) is 10.6.